The van der Waals surface area contributed by atoms with Crippen LogP contribution >= 0.6 is 0 Å². The lowest BCUT2D eigenvalue weighted by molar-refractivity contribution is -0.172. The summed E-state index contributed by atoms with van der Waals surface area (Å²) in [5.41, 5.74) is 0.0403. The third-order valence-corrected chi connectivity index (χ3v) is 6.86. The number of piperidine rings is 1. The molecule has 1 N–H and O–H groups in total. The van der Waals surface area contributed by atoms with Crippen LogP contribution in [0.25, 0.3) is 0 Å². The molecular formula is C24H31N5O4. The minimum Gasteiger partial charge on any atom is -0.379 e. The number of imidazole rings is 1. The fourth-order valence-corrected chi connectivity index (χ4v) is 4.98. The van der Waals surface area contributed by atoms with E-state index in [1.807, 2.05) is 46.0 Å². The number of fused-ring (bicyclic) bond motifs is 2. The number of amides is 2. The fraction of sp³-hybridized carbons (Fsp3) is 0.542. The van der Waals surface area contributed by atoms with Crippen LogP contribution < -0.4 is 5.32 Å². The number of benzene rings is 1. The van der Waals surface area contributed by atoms with Crippen LogP contribution in [0.2, 0.25) is 0 Å². The molecule has 1 aromatic carbocycles. The molecule has 5 rings (SSSR count). The number of rotatable bonds is 5. The summed E-state index contributed by atoms with van der Waals surface area (Å²) in [6, 6.07) is 9.34. The van der Waals surface area contributed by atoms with Crippen LogP contribution in [0.5, 0.6) is 0 Å². The average molecular weight is 454 g/mol. The second-order valence-corrected chi connectivity index (χ2v) is 8.91. The second-order valence-electron chi connectivity index (χ2n) is 8.91. The van der Waals surface area contributed by atoms with Gasteiger partial charge in [-0.3, -0.25) is 14.5 Å². The normalized spacial score (nSPS) is 22.7. The van der Waals surface area contributed by atoms with E-state index in [4.69, 9.17) is 9.47 Å². The van der Waals surface area contributed by atoms with E-state index in [0.717, 1.165) is 38.7 Å². The molecule has 2 aromatic rings. The van der Waals surface area contributed by atoms with Crippen molar-refractivity contribution < 1.29 is 19.1 Å². The van der Waals surface area contributed by atoms with E-state index >= 15 is 0 Å². The first-order valence-electron chi connectivity index (χ1n) is 11.8. The van der Waals surface area contributed by atoms with Crippen molar-refractivity contribution in [2.24, 2.45) is 0 Å². The number of likely N-dealkylation sites (tertiary alicyclic amines) is 1. The summed E-state index contributed by atoms with van der Waals surface area (Å²) < 4.78 is 13.9. The minimum absolute atomic E-state index is 0.0296. The molecule has 9 heteroatoms. The van der Waals surface area contributed by atoms with E-state index in [1.54, 1.807) is 6.20 Å². The Morgan fingerprint density at radius 3 is 2.61 bits per heavy atom. The molecule has 3 aliphatic heterocycles. The number of aromatic nitrogens is 2. The van der Waals surface area contributed by atoms with Gasteiger partial charge >= 0.3 is 0 Å². The van der Waals surface area contributed by atoms with Gasteiger partial charge in [-0.15, -0.1) is 0 Å². The van der Waals surface area contributed by atoms with Crippen molar-refractivity contribution in [3.05, 3.63) is 54.1 Å². The van der Waals surface area contributed by atoms with Crippen LogP contribution in [0.4, 0.5) is 0 Å². The van der Waals surface area contributed by atoms with E-state index in [1.165, 1.54) is 0 Å². The van der Waals surface area contributed by atoms with Gasteiger partial charge < -0.3 is 24.3 Å². The molecule has 2 saturated heterocycles. The molecule has 3 aliphatic rings. The van der Waals surface area contributed by atoms with Gasteiger partial charge in [0, 0.05) is 70.1 Å². The molecule has 1 aromatic heterocycles. The van der Waals surface area contributed by atoms with Crippen LogP contribution in [-0.4, -0.2) is 89.8 Å². The van der Waals surface area contributed by atoms with Crippen molar-refractivity contribution in [1.29, 1.82) is 0 Å². The smallest absolute Gasteiger partial charge is 0.253 e. The third kappa shape index (κ3) is 4.66. The first kappa shape index (κ1) is 22.1. The van der Waals surface area contributed by atoms with Crippen molar-refractivity contribution in [2.75, 3.05) is 52.5 Å². The Hall–Kier alpha value is -2.75. The topological polar surface area (TPSA) is 88.9 Å². The van der Waals surface area contributed by atoms with E-state index in [0.29, 0.717) is 44.6 Å². The Bertz CT molecular complexity index is 964. The molecule has 2 fully saturated rings. The molecule has 0 bridgehead atoms. The van der Waals surface area contributed by atoms with Crippen molar-refractivity contribution in [3.8, 4) is 0 Å². The molecule has 1 spiro atoms. The lowest BCUT2D eigenvalue weighted by Crippen LogP contribution is -2.55. The van der Waals surface area contributed by atoms with Crippen LogP contribution in [-0.2, 0) is 26.4 Å². The monoisotopic (exact) mass is 453 g/mol. The second kappa shape index (κ2) is 9.62. The molecule has 0 aliphatic carbocycles. The standard InChI is InChI=1S/C24H31N5O4/c30-21(25-8-12-27-14-16-32-17-15-27)20-18-29-13-9-26-23(29)24(33-20)6-10-28(11-7-24)22(31)19-4-2-1-3-5-19/h1-5,9,13,20H,6-8,10-12,14-18H2,(H,25,30). The molecule has 33 heavy (non-hydrogen) atoms. The summed E-state index contributed by atoms with van der Waals surface area (Å²) in [6.07, 6.45) is 4.32. The molecular weight excluding hydrogens is 422 g/mol. The summed E-state index contributed by atoms with van der Waals surface area (Å²) >= 11 is 0. The number of hydrogen-bond donors (Lipinski definition) is 1. The molecule has 1 unspecified atom stereocenters. The van der Waals surface area contributed by atoms with Gasteiger partial charge in [0.2, 0.25) is 0 Å². The van der Waals surface area contributed by atoms with Crippen molar-refractivity contribution in [3.63, 3.8) is 0 Å². The molecule has 4 heterocycles. The van der Waals surface area contributed by atoms with E-state index in [-0.39, 0.29) is 11.8 Å². The predicted octanol–water partition coefficient (Wildman–Crippen LogP) is 0.862. The molecule has 176 valence electrons. The highest BCUT2D eigenvalue weighted by Crippen LogP contribution is 2.40. The SMILES string of the molecule is O=C(NCCN1CCOCC1)C1Cn2ccnc2C2(CCN(C(=O)c3ccccc3)CC2)O1. The fourth-order valence-electron chi connectivity index (χ4n) is 4.98. The summed E-state index contributed by atoms with van der Waals surface area (Å²) in [4.78, 5) is 34.6. The number of nitrogens with zero attached hydrogens (tertiary/aromatic N) is 4. The van der Waals surface area contributed by atoms with Crippen molar-refractivity contribution in [2.45, 2.75) is 31.1 Å². The van der Waals surface area contributed by atoms with Gasteiger partial charge in [-0.25, -0.2) is 4.98 Å². The summed E-state index contributed by atoms with van der Waals surface area (Å²) in [5, 5.41) is 3.05. The zero-order valence-corrected chi connectivity index (χ0v) is 18.8. The third-order valence-electron chi connectivity index (χ3n) is 6.86. The average Bonchev–Trinajstić information content (AvgIpc) is 3.35. The van der Waals surface area contributed by atoms with Crippen LogP contribution in [0.1, 0.15) is 29.0 Å². The summed E-state index contributed by atoms with van der Waals surface area (Å²) in [6.45, 7) is 6.25. The molecule has 1 atom stereocenters. The van der Waals surface area contributed by atoms with Gasteiger partial charge in [0.25, 0.3) is 11.8 Å². The Morgan fingerprint density at radius 2 is 1.85 bits per heavy atom. The number of carbonyl (C=O) groups excluding carboxylic acids is 2. The Balaban J connectivity index is 1.22. The minimum atomic E-state index is -0.651. The maximum Gasteiger partial charge on any atom is 0.253 e. The summed E-state index contributed by atoms with van der Waals surface area (Å²) in [7, 11) is 0. The van der Waals surface area contributed by atoms with E-state index in [2.05, 4.69) is 15.2 Å². The highest BCUT2D eigenvalue weighted by atomic mass is 16.5. The largest absolute Gasteiger partial charge is 0.379 e. The molecule has 0 saturated carbocycles. The Labute approximate surface area is 193 Å². The lowest BCUT2D eigenvalue weighted by Gasteiger charge is -2.45. The van der Waals surface area contributed by atoms with Gasteiger partial charge in [-0.1, -0.05) is 18.2 Å². The van der Waals surface area contributed by atoms with Gasteiger partial charge in [-0.2, -0.15) is 0 Å². The quantitative estimate of drug-likeness (QED) is 0.723. The number of hydrogen-bond acceptors (Lipinski definition) is 6. The maximum atomic E-state index is 13.0. The number of nitrogens with one attached hydrogen (secondary N) is 1. The summed E-state index contributed by atoms with van der Waals surface area (Å²) in [5.74, 6) is 0.790. The van der Waals surface area contributed by atoms with Crippen LogP contribution in [0.15, 0.2) is 42.7 Å². The zero-order valence-electron chi connectivity index (χ0n) is 18.8. The molecule has 0 radical (unpaired) electrons. The van der Waals surface area contributed by atoms with Gasteiger partial charge in [0.1, 0.15) is 11.4 Å². The lowest BCUT2D eigenvalue weighted by atomic mass is 9.88. The Kier molecular flexibility index (Phi) is 6.43. The zero-order chi connectivity index (χ0) is 22.7. The highest BCUT2D eigenvalue weighted by Gasteiger charge is 2.47. The van der Waals surface area contributed by atoms with E-state index < -0.39 is 11.7 Å². The number of ether oxygens (including phenoxy) is 2. The van der Waals surface area contributed by atoms with Crippen LogP contribution in [0.3, 0.4) is 0 Å². The first-order chi connectivity index (χ1) is 16.1. The molecule has 9 nitrogen and oxygen atoms in total. The van der Waals surface area contributed by atoms with Gasteiger partial charge in [0.05, 0.1) is 19.8 Å². The van der Waals surface area contributed by atoms with E-state index in [9.17, 15) is 9.59 Å². The van der Waals surface area contributed by atoms with Crippen molar-refractivity contribution >= 4 is 11.8 Å². The number of carbonyl (C=O) groups is 2. The predicted molar refractivity (Wildman–Crippen MR) is 121 cm³/mol. The number of morpholine rings is 1. The maximum absolute atomic E-state index is 13.0. The van der Waals surface area contributed by atoms with Gasteiger partial charge in [-0.05, 0) is 12.1 Å². The molecule has 2 amide bonds. The van der Waals surface area contributed by atoms with Crippen LogP contribution in [0, 0.1) is 0 Å². The Morgan fingerprint density at radius 1 is 1.09 bits per heavy atom. The van der Waals surface area contributed by atoms with Gasteiger partial charge in [0.15, 0.2) is 6.10 Å². The highest BCUT2D eigenvalue weighted by molar-refractivity contribution is 5.94. The van der Waals surface area contributed by atoms with Crippen molar-refractivity contribution in [1.82, 2.24) is 24.7 Å². The first-order valence-corrected chi connectivity index (χ1v) is 11.8.